The first-order chi connectivity index (χ1) is 11.6. The van der Waals surface area contributed by atoms with Gasteiger partial charge in [0.25, 0.3) is 0 Å². The molecule has 1 aliphatic heterocycles. The Hall–Kier alpha value is -2.27. The van der Waals surface area contributed by atoms with Crippen molar-refractivity contribution >= 4 is 11.6 Å². The van der Waals surface area contributed by atoms with Crippen LogP contribution in [-0.2, 0) is 17.6 Å². The van der Waals surface area contributed by atoms with Crippen LogP contribution in [0.3, 0.4) is 0 Å². The molecule has 1 atom stereocenters. The molecule has 2 N–H and O–H groups in total. The molecular formula is C19H20FN3O. The Morgan fingerprint density at radius 1 is 1.25 bits per heavy atom. The van der Waals surface area contributed by atoms with Gasteiger partial charge in [-0.3, -0.25) is 9.78 Å². The van der Waals surface area contributed by atoms with Gasteiger partial charge in [0, 0.05) is 37.5 Å². The summed E-state index contributed by atoms with van der Waals surface area (Å²) >= 11 is 0. The van der Waals surface area contributed by atoms with Gasteiger partial charge >= 0.3 is 0 Å². The van der Waals surface area contributed by atoms with Crippen molar-refractivity contribution in [3.8, 4) is 11.1 Å². The molecule has 124 valence electrons. The molecule has 1 aromatic carbocycles. The second-order valence-electron chi connectivity index (χ2n) is 6.67. The molecule has 0 fully saturated rings. The Labute approximate surface area is 140 Å². The number of pyridine rings is 1. The first kappa shape index (κ1) is 15.3. The van der Waals surface area contributed by atoms with Gasteiger partial charge in [-0.25, -0.2) is 4.39 Å². The predicted octanol–water partition coefficient (Wildman–Crippen LogP) is 3.13. The van der Waals surface area contributed by atoms with Crippen molar-refractivity contribution in [2.75, 3.05) is 11.9 Å². The highest BCUT2D eigenvalue weighted by molar-refractivity contribution is 5.96. The van der Waals surface area contributed by atoms with Gasteiger partial charge in [0.1, 0.15) is 5.82 Å². The molecule has 2 aliphatic rings. The molecule has 1 unspecified atom stereocenters. The van der Waals surface area contributed by atoms with Crippen LogP contribution in [0.25, 0.3) is 11.1 Å². The number of hydrogen-bond acceptors (Lipinski definition) is 3. The number of amides is 1. The number of halogens is 1. The van der Waals surface area contributed by atoms with Crippen LogP contribution in [0.2, 0.25) is 0 Å². The predicted molar refractivity (Wildman–Crippen MR) is 91.2 cm³/mol. The molecule has 2 aromatic rings. The van der Waals surface area contributed by atoms with Gasteiger partial charge in [-0.1, -0.05) is 0 Å². The Kier molecular flexibility index (Phi) is 3.61. The Morgan fingerprint density at radius 2 is 2.08 bits per heavy atom. The molecule has 1 aliphatic carbocycles. The summed E-state index contributed by atoms with van der Waals surface area (Å²) in [6, 6.07) is 3.52. The van der Waals surface area contributed by atoms with E-state index in [1.165, 1.54) is 16.5 Å². The summed E-state index contributed by atoms with van der Waals surface area (Å²) in [5, 5.41) is 0. The summed E-state index contributed by atoms with van der Waals surface area (Å²) in [6.45, 7) is 0. The number of carbonyl (C=O) groups is 1. The van der Waals surface area contributed by atoms with Crippen LogP contribution in [0, 0.1) is 5.82 Å². The normalized spacial score (nSPS) is 19.9. The van der Waals surface area contributed by atoms with E-state index in [2.05, 4.69) is 4.98 Å². The molecule has 0 saturated carbocycles. The van der Waals surface area contributed by atoms with Crippen molar-refractivity contribution in [3.63, 3.8) is 0 Å². The van der Waals surface area contributed by atoms with Crippen molar-refractivity contribution < 1.29 is 9.18 Å². The van der Waals surface area contributed by atoms with Gasteiger partial charge in [0.15, 0.2) is 0 Å². The fourth-order valence-corrected chi connectivity index (χ4v) is 3.92. The molecular weight excluding hydrogens is 305 g/mol. The van der Waals surface area contributed by atoms with E-state index in [0.29, 0.717) is 18.5 Å². The first-order valence-electron chi connectivity index (χ1n) is 8.38. The Balaban J connectivity index is 1.86. The van der Waals surface area contributed by atoms with E-state index in [9.17, 15) is 9.18 Å². The minimum Gasteiger partial charge on any atom is -0.324 e. The summed E-state index contributed by atoms with van der Waals surface area (Å²) in [5.74, 6) is -0.394. The summed E-state index contributed by atoms with van der Waals surface area (Å²) in [5.41, 5.74) is 11.5. The van der Waals surface area contributed by atoms with Crippen LogP contribution >= 0.6 is 0 Å². The van der Waals surface area contributed by atoms with Crippen molar-refractivity contribution in [2.24, 2.45) is 5.73 Å². The maximum atomic E-state index is 14.7. The molecule has 24 heavy (non-hydrogen) atoms. The minimum atomic E-state index is -0.351. The van der Waals surface area contributed by atoms with Gasteiger partial charge in [-0.15, -0.1) is 0 Å². The summed E-state index contributed by atoms with van der Waals surface area (Å²) in [6.07, 6.45) is 7.57. The van der Waals surface area contributed by atoms with Crippen LogP contribution in [-0.4, -0.2) is 17.9 Å². The van der Waals surface area contributed by atoms with Crippen molar-refractivity contribution in [2.45, 2.75) is 38.1 Å². The van der Waals surface area contributed by atoms with Crippen LogP contribution in [0.15, 0.2) is 24.5 Å². The molecule has 4 nitrogen and oxygen atoms in total. The lowest BCUT2D eigenvalue weighted by Gasteiger charge is -2.28. The van der Waals surface area contributed by atoms with Crippen molar-refractivity contribution in [1.29, 1.82) is 0 Å². The van der Waals surface area contributed by atoms with E-state index in [1.54, 1.807) is 13.2 Å². The number of aryl methyl sites for hydroxylation is 1. The van der Waals surface area contributed by atoms with E-state index in [1.807, 2.05) is 12.3 Å². The van der Waals surface area contributed by atoms with Crippen LogP contribution in [0.5, 0.6) is 0 Å². The van der Waals surface area contributed by atoms with Crippen LogP contribution < -0.4 is 10.6 Å². The Morgan fingerprint density at radius 3 is 2.92 bits per heavy atom. The topological polar surface area (TPSA) is 59.2 Å². The number of hydrogen-bond donors (Lipinski definition) is 1. The summed E-state index contributed by atoms with van der Waals surface area (Å²) < 4.78 is 14.7. The van der Waals surface area contributed by atoms with E-state index in [4.69, 9.17) is 5.73 Å². The molecule has 2 heterocycles. The third kappa shape index (κ3) is 2.31. The third-order valence-corrected chi connectivity index (χ3v) is 5.20. The fraction of sp³-hybridized carbons (Fsp3) is 0.368. The van der Waals surface area contributed by atoms with Crippen molar-refractivity contribution in [3.05, 3.63) is 47.0 Å². The number of anilines is 1. The zero-order valence-electron chi connectivity index (χ0n) is 13.7. The van der Waals surface area contributed by atoms with Crippen LogP contribution in [0.1, 0.15) is 42.0 Å². The number of rotatable bonds is 1. The molecule has 0 spiro atoms. The monoisotopic (exact) mass is 325 g/mol. The third-order valence-electron chi connectivity index (χ3n) is 5.20. The molecule has 0 radical (unpaired) electrons. The largest absolute Gasteiger partial charge is 0.324 e. The fourth-order valence-electron chi connectivity index (χ4n) is 3.92. The number of benzene rings is 1. The highest BCUT2D eigenvalue weighted by Gasteiger charge is 2.26. The summed E-state index contributed by atoms with van der Waals surface area (Å²) in [7, 11) is 1.63. The van der Waals surface area contributed by atoms with E-state index in [0.717, 1.165) is 41.5 Å². The minimum absolute atomic E-state index is 0.00688. The molecule has 0 bridgehead atoms. The second kappa shape index (κ2) is 5.67. The molecule has 1 aromatic heterocycles. The van der Waals surface area contributed by atoms with Gasteiger partial charge < -0.3 is 10.6 Å². The quantitative estimate of drug-likeness (QED) is 0.876. The summed E-state index contributed by atoms with van der Waals surface area (Å²) in [4.78, 5) is 17.6. The number of carbonyl (C=O) groups excluding carboxylic acids is 1. The molecule has 0 saturated heterocycles. The zero-order valence-corrected chi connectivity index (χ0v) is 13.7. The highest BCUT2D eigenvalue weighted by atomic mass is 19.1. The SMILES string of the molecule is CN1C(=O)CCc2cc(-c3cncc4c3CCCC4N)cc(F)c21. The number of aromatic nitrogens is 1. The smallest absolute Gasteiger partial charge is 0.227 e. The molecule has 1 amide bonds. The van der Waals surface area contributed by atoms with E-state index >= 15 is 0 Å². The standard InChI is InChI=1S/C19H20FN3O/c1-23-18(24)6-5-11-7-12(8-16(20)19(11)23)14-9-22-10-15-13(14)3-2-4-17(15)21/h7-10,17H,2-6,21H2,1H3. The lowest BCUT2D eigenvalue weighted by atomic mass is 9.84. The van der Waals surface area contributed by atoms with Gasteiger partial charge in [-0.2, -0.15) is 0 Å². The van der Waals surface area contributed by atoms with Crippen LogP contribution in [0.4, 0.5) is 10.1 Å². The molecule has 5 heteroatoms. The molecule has 4 rings (SSSR count). The average Bonchev–Trinajstić information content (AvgIpc) is 2.58. The van der Waals surface area contributed by atoms with Gasteiger partial charge in [0.2, 0.25) is 5.91 Å². The maximum Gasteiger partial charge on any atom is 0.227 e. The van der Waals surface area contributed by atoms with Gasteiger partial charge in [-0.05, 0) is 60.1 Å². The lowest BCUT2D eigenvalue weighted by Crippen LogP contribution is -2.32. The van der Waals surface area contributed by atoms with E-state index < -0.39 is 0 Å². The zero-order chi connectivity index (χ0) is 16.8. The van der Waals surface area contributed by atoms with Crippen molar-refractivity contribution in [1.82, 2.24) is 4.98 Å². The van der Waals surface area contributed by atoms with Gasteiger partial charge in [0.05, 0.1) is 5.69 Å². The first-order valence-corrected chi connectivity index (χ1v) is 8.38. The lowest BCUT2D eigenvalue weighted by molar-refractivity contribution is -0.118. The maximum absolute atomic E-state index is 14.7. The number of fused-ring (bicyclic) bond motifs is 2. The highest BCUT2D eigenvalue weighted by Crippen LogP contribution is 2.38. The van der Waals surface area contributed by atoms with E-state index in [-0.39, 0.29) is 17.8 Å². The number of nitrogens with zero attached hydrogens (tertiary/aromatic N) is 2. The average molecular weight is 325 g/mol. The number of nitrogens with two attached hydrogens (primary N) is 1. The Bertz CT molecular complexity index is 834. The second-order valence-corrected chi connectivity index (χ2v) is 6.67.